The van der Waals surface area contributed by atoms with Crippen LogP contribution in [0.4, 0.5) is 0 Å². The first kappa shape index (κ1) is 17.6. The maximum Gasteiger partial charge on any atom is 0.255 e. The molecular weight excluding hydrogens is 318 g/mol. The van der Waals surface area contributed by atoms with Gasteiger partial charge < -0.3 is 10.2 Å². The second kappa shape index (κ2) is 7.35. The summed E-state index contributed by atoms with van der Waals surface area (Å²) in [6, 6.07) is 5.49. The molecule has 0 aliphatic carbocycles. The number of imide groups is 1. The highest BCUT2D eigenvalue weighted by atomic mass is 16.2. The van der Waals surface area contributed by atoms with Gasteiger partial charge >= 0.3 is 0 Å². The zero-order valence-electron chi connectivity index (χ0n) is 14.8. The maximum atomic E-state index is 12.7. The quantitative estimate of drug-likeness (QED) is 0.768. The predicted octanol–water partition coefficient (Wildman–Crippen LogP) is 1.55. The van der Waals surface area contributed by atoms with Crippen molar-refractivity contribution in [2.24, 2.45) is 0 Å². The average Bonchev–Trinajstić information content (AvgIpc) is 2.92. The van der Waals surface area contributed by atoms with Crippen molar-refractivity contribution in [3.05, 3.63) is 34.9 Å². The van der Waals surface area contributed by atoms with Crippen LogP contribution in [0, 0.1) is 0 Å². The van der Waals surface area contributed by atoms with E-state index in [2.05, 4.69) is 23.6 Å². The highest BCUT2D eigenvalue weighted by Crippen LogP contribution is 2.31. The molecule has 2 aliphatic heterocycles. The van der Waals surface area contributed by atoms with Crippen molar-refractivity contribution < 1.29 is 14.4 Å². The van der Waals surface area contributed by atoms with Crippen LogP contribution in [0.5, 0.6) is 0 Å². The molecule has 6 nitrogen and oxygen atoms in total. The van der Waals surface area contributed by atoms with Crippen LogP contribution in [-0.2, 0) is 16.1 Å². The second-order valence-electron chi connectivity index (χ2n) is 6.81. The molecule has 2 N–H and O–H groups in total. The minimum atomic E-state index is -0.549. The summed E-state index contributed by atoms with van der Waals surface area (Å²) in [6.07, 6.45) is 2.78. The third-order valence-electron chi connectivity index (χ3n) is 5.25. The number of nitrogens with zero attached hydrogens (tertiary/aromatic N) is 1. The fourth-order valence-corrected chi connectivity index (χ4v) is 3.77. The van der Waals surface area contributed by atoms with Crippen molar-refractivity contribution in [2.45, 2.75) is 51.1 Å². The molecule has 2 atom stereocenters. The Morgan fingerprint density at radius 1 is 1.32 bits per heavy atom. The standard InChI is InChI=1S/C19H25N3O3/c1-3-12(8-9-20-2)13-4-5-15-14(10-13)11-22(19(15)25)16-6-7-17(23)21-18(16)24/h4-5,10,12,16,20H,3,6-9,11H2,1-2H3,(H,21,23,24). The first-order chi connectivity index (χ1) is 12.0. The number of rotatable bonds is 6. The Morgan fingerprint density at radius 2 is 2.12 bits per heavy atom. The molecule has 134 valence electrons. The number of fused-ring (bicyclic) bond motifs is 1. The normalized spacial score (nSPS) is 21.3. The van der Waals surface area contributed by atoms with E-state index in [9.17, 15) is 14.4 Å². The van der Waals surface area contributed by atoms with Gasteiger partial charge in [0.1, 0.15) is 6.04 Å². The molecule has 0 saturated carbocycles. The number of hydrogen-bond acceptors (Lipinski definition) is 4. The Kier molecular flexibility index (Phi) is 5.18. The molecule has 0 radical (unpaired) electrons. The molecule has 0 aromatic heterocycles. The first-order valence-corrected chi connectivity index (χ1v) is 8.97. The van der Waals surface area contributed by atoms with Gasteiger partial charge in [-0.05, 0) is 56.0 Å². The van der Waals surface area contributed by atoms with Crippen LogP contribution >= 0.6 is 0 Å². The summed E-state index contributed by atoms with van der Waals surface area (Å²) in [4.78, 5) is 37.7. The smallest absolute Gasteiger partial charge is 0.255 e. The molecule has 2 aliphatic rings. The minimum Gasteiger partial charge on any atom is -0.322 e. The number of benzene rings is 1. The molecule has 1 aromatic carbocycles. The zero-order valence-corrected chi connectivity index (χ0v) is 14.8. The van der Waals surface area contributed by atoms with E-state index in [1.807, 2.05) is 19.2 Å². The first-order valence-electron chi connectivity index (χ1n) is 8.97. The molecule has 0 bridgehead atoms. The topological polar surface area (TPSA) is 78.5 Å². The molecule has 2 heterocycles. The van der Waals surface area contributed by atoms with Gasteiger partial charge in [0, 0.05) is 18.5 Å². The minimum absolute atomic E-state index is 0.112. The van der Waals surface area contributed by atoms with E-state index >= 15 is 0 Å². The summed E-state index contributed by atoms with van der Waals surface area (Å²) >= 11 is 0. The number of hydrogen-bond donors (Lipinski definition) is 2. The number of carbonyl (C=O) groups is 3. The van der Waals surface area contributed by atoms with E-state index in [0.717, 1.165) is 24.9 Å². The van der Waals surface area contributed by atoms with E-state index in [1.54, 1.807) is 4.90 Å². The van der Waals surface area contributed by atoms with Crippen molar-refractivity contribution in [1.29, 1.82) is 0 Å². The number of nitrogens with one attached hydrogen (secondary N) is 2. The van der Waals surface area contributed by atoms with Gasteiger partial charge in [0.2, 0.25) is 11.8 Å². The lowest BCUT2D eigenvalue weighted by molar-refractivity contribution is -0.136. The Hall–Kier alpha value is -2.21. The van der Waals surface area contributed by atoms with E-state index in [0.29, 0.717) is 24.4 Å². The monoisotopic (exact) mass is 343 g/mol. The molecule has 1 aromatic rings. The molecule has 2 unspecified atom stereocenters. The molecule has 6 heteroatoms. The number of carbonyl (C=O) groups excluding carboxylic acids is 3. The molecule has 1 fully saturated rings. The third-order valence-corrected chi connectivity index (χ3v) is 5.25. The molecule has 1 saturated heterocycles. The van der Waals surface area contributed by atoms with Crippen molar-refractivity contribution in [3.63, 3.8) is 0 Å². The highest BCUT2D eigenvalue weighted by molar-refractivity contribution is 6.05. The van der Waals surface area contributed by atoms with Crippen LogP contribution in [0.3, 0.4) is 0 Å². The van der Waals surface area contributed by atoms with E-state index in [-0.39, 0.29) is 24.1 Å². The number of piperidine rings is 1. The van der Waals surface area contributed by atoms with Crippen molar-refractivity contribution >= 4 is 17.7 Å². The molecule has 25 heavy (non-hydrogen) atoms. The fraction of sp³-hybridized carbons (Fsp3) is 0.526. The van der Waals surface area contributed by atoms with Crippen LogP contribution in [0.2, 0.25) is 0 Å². The van der Waals surface area contributed by atoms with Crippen LogP contribution in [-0.4, -0.2) is 42.3 Å². The SMILES string of the molecule is CCC(CCNC)c1ccc2c(c1)CN(C1CCC(=O)NC1=O)C2=O. The second-order valence-corrected chi connectivity index (χ2v) is 6.81. The Bertz CT molecular complexity index is 701. The van der Waals surface area contributed by atoms with Gasteiger partial charge in [-0.3, -0.25) is 19.7 Å². The predicted molar refractivity (Wildman–Crippen MR) is 94.1 cm³/mol. The maximum absolute atomic E-state index is 12.7. The molecule has 3 rings (SSSR count). The van der Waals surface area contributed by atoms with Crippen molar-refractivity contribution in [2.75, 3.05) is 13.6 Å². The summed E-state index contributed by atoms with van der Waals surface area (Å²) in [5.74, 6) is -0.280. The fourth-order valence-electron chi connectivity index (χ4n) is 3.77. The van der Waals surface area contributed by atoms with Crippen LogP contribution in [0.15, 0.2) is 18.2 Å². The summed E-state index contributed by atoms with van der Waals surface area (Å²) in [5, 5.41) is 5.52. The third kappa shape index (κ3) is 3.44. The largest absolute Gasteiger partial charge is 0.322 e. The lowest BCUT2D eigenvalue weighted by Gasteiger charge is -2.29. The average molecular weight is 343 g/mol. The van der Waals surface area contributed by atoms with Gasteiger partial charge in [0.05, 0.1) is 0 Å². The number of amides is 3. The van der Waals surface area contributed by atoms with Crippen molar-refractivity contribution in [3.8, 4) is 0 Å². The Labute approximate surface area is 148 Å². The summed E-state index contributed by atoms with van der Waals surface area (Å²) in [7, 11) is 1.95. The Balaban J connectivity index is 1.79. The van der Waals surface area contributed by atoms with Gasteiger partial charge in [-0.2, -0.15) is 0 Å². The van der Waals surface area contributed by atoms with Crippen LogP contribution in [0.25, 0.3) is 0 Å². The van der Waals surface area contributed by atoms with E-state index in [1.165, 1.54) is 5.56 Å². The van der Waals surface area contributed by atoms with Gasteiger partial charge in [0.25, 0.3) is 5.91 Å². The van der Waals surface area contributed by atoms with Gasteiger partial charge in [-0.15, -0.1) is 0 Å². The van der Waals surface area contributed by atoms with Crippen LogP contribution in [0.1, 0.15) is 60.0 Å². The summed E-state index contributed by atoms with van der Waals surface area (Å²) in [6.45, 7) is 3.57. The van der Waals surface area contributed by atoms with E-state index < -0.39 is 6.04 Å². The lowest BCUT2D eigenvalue weighted by Crippen LogP contribution is -2.52. The molecule has 3 amide bonds. The van der Waals surface area contributed by atoms with Gasteiger partial charge in [-0.1, -0.05) is 19.1 Å². The molecule has 0 spiro atoms. The summed E-state index contributed by atoms with van der Waals surface area (Å²) < 4.78 is 0. The zero-order chi connectivity index (χ0) is 18.0. The van der Waals surface area contributed by atoms with Crippen LogP contribution < -0.4 is 10.6 Å². The lowest BCUT2D eigenvalue weighted by atomic mass is 9.91. The van der Waals surface area contributed by atoms with Gasteiger partial charge in [0.15, 0.2) is 0 Å². The molecular formula is C19H25N3O3. The van der Waals surface area contributed by atoms with Gasteiger partial charge in [-0.25, -0.2) is 0 Å². The highest BCUT2D eigenvalue weighted by Gasteiger charge is 2.39. The van der Waals surface area contributed by atoms with Crippen molar-refractivity contribution in [1.82, 2.24) is 15.5 Å². The van der Waals surface area contributed by atoms with E-state index in [4.69, 9.17) is 0 Å². The Morgan fingerprint density at radius 3 is 2.80 bits per heavy atom. The summed E-state index contributed by atoms with van der Waals surface area (Å²) in [5.41, 5.74) is 2.90.